The number of nitrogens with one attached hydrogen (secondary N) is 1. The number of aliphatic hydroxyl groups is 2. The van der Waals surface area contributed by atoms with Crippen molar-refractivity contribution in [3.05, 3.63) is 42.2 Å². The van der Waals surface area contributed by atoms with Gasteiger partial charge in [-0.2, -0.15) is 9.97 Å². The molecule has 0 amide bonds. The van der Waals surface area contributed by atoms with Crippen molar-refractivity contribution in [1.82, 2.24) is 24.6 Å². The van der Waals surface area contributed by atoms with Crippen molar-refractivity contribution in [2.45, 2.75) is 31.1 Å². The lowest BCUT2D eigenvalue weighted by molar-refractivity contribution is -0.0487. The molecule has 1 aliphatic rings. The average Bonchev–Trinajstić information content (AvgIpc) is 3.32. The molecule has 1 fully saturated rings. The van der Waals surface area contributed by atoms with Gasteiger partial charge in [0.05, 0.1) is 20.0 Å². The van der Waals surface area contributed by atoms with Crippen molar-refractivity contribution in [1.29, 1.82) is 0 Å². The minimum Gasteiger partial charge on any atom is -0.479 e. The first-order valence-corrected chi connectivity index (χ1v) is 11.2. The normalized spacial score (nSPS) is 25.1. The molecule has 1 aliphatic heterocycles. The Hall–Kier alpha value is -2.64. The molecule has 4 rings (SSSR count). The summed E-state index contributed by atoms with van der Waals surface area (Å²) in [6.07, 6.45) is -3.64. The number of imidazole rings is 1. The zero-order valence-electron chi connectivity index (χ0n) is 17.0. The average molecular weight is 466 g/mol. The number of methoxy groups -OCH3 is 1. The lowest BCUT2D eigenvalue weighted by Crippen LogP contribution is -2.34. The topological polar surface area (TPSA) is 187 Å². The Kier molecular flexibility index (Phi) is 6.40. The van der Waals surface area contributed by atoms with Gasteiger partial charge in [0.15, 0.2) is 17.4 Å². The molecule has 0 radical (unpaired) electrons. The number of nitrogens with two attached hydrogens (primary N) is 1. The van der Waals surface area contributed by atoms with Crippen LogP contribution < -0.4 is 15.6 Å². The van der Waals surface area contributed by atoms with Gasteiger partial charge in [0.2, 0.25) is 11.8 Å². The Bertz CT molecular complexity index is 1130. The monoisotopic (exact) mass is 466 g/mol. The number of hydrogen-bond acceptors (Lipinski definition) is 10. The summed E-state index contributed by atoms with van der Waals surface area (Å²) >= 11 is 0. The smallest absolute Gasteiger partial charge is 0.403 e. The van der Waals surface area contributed by atoms with Crippen LogP contribution in [0.25, 0.3) is 11.2 Å². The number of hydrogen-bond donors (Lipinski definition) is 5. The zero-order valence-corrected chi connectivity index (χ0v) is 17.9. The fourth-order valence-corrected chi connectivity index (χ4v) is 4.16. The second kappa shape index (κ2) is 9.08. The number of nitrogens with zero attached hydrogens (tertiary/aromatic N) is 4. The third-order valence-electron chi connectivity index (χ3n) is 4.95. The van der Waals surface area contributed by atoms with E-state index in [2.05, 4.69) is 20.0 Å². The Balaban J connectivity index is 1.44. The summed E-state index contributed by atoms with van der Waals surface area (Å²) in [5, 5.41) is 23.3. The van der Waals surface area contributed by atoms with E-state index in [1.165, 1.54) is 18.0 Å². The van der Waals surface area contributed by atoms with Gasteiger partial charge in [0, 0.05) is 6.54 Å². The van der Waals surface area contributed by atoms with Crippen molar-refractivity contribution in [3.8, 4) is 5.88 Å². The van der Waals surface area contributed by atoms with E-state index in [0.717, 1.165) is 5.56 Å². The Morgan fingerprint density at radius 2 is 2.00 bits per heavy atom. The molecular formula is C18H23N6O7P. The molecule has 3 heterocycles. The van der Waals surface area contributed by atoms with E-state index < -0.39 is 38.9 Å². The SMILES string of the molecule is COc1nc(N)nc2c1ncn2[C@@H]1O[C@H](COP(=O)(O)NCc2ccccc2)C(O)[C@H]1O. The number of rotatable bonds is 8. The minimum atomic E-state index is -4.19. The molecule has 0 bridgehead atoms. The molecular weight excluding hydrogens is 443 g/mol. The van der Waals surface area contributed by atoms with Crippen molar-refractivity contribution in [3.63, 3.8) is 0 Å². The van der Waals surface area contributed by atoms with Crippen molar-refractivity contribution >= 4 is 24.9 Å². The van der Waals surface area contributed by atoms with Crippen LogP contribution in [0, 0.1) is 0 Å². The molecule has 14 heteroatoms. The Morgan fingerprint density at radius 3 is 2.72 bits per heavy atom. The van der Waals surface area contributed by atoms with Crippen LogP contribution in [0.3, 0.4) is 0 Å². The Labute approximate surface area is 182 Å². The second-order valence-electron chi connectivity index (χ2n) is 7.10. The van der Waals surface area contributed by atoms with Crippen molar-refractivity contribution in [2.24, 2.45) is 0 Å². The highest BCUT2D eigenvalue weighted by Crippen LogP contribution is 2.40. The molecule has 6 N–H and O–H groups in total. The minimum absolute atomic E-state index is 0.0743. The van der Waals surface area contributed by atoms with Gasteiger partial charge in [-0.1, -0.05) is 30.3 Å². The van der Waals surface area contributed by atoms with Crippen LogP contribution in [-0.4, -0.2) is 66.7 Å². The number of nitrogen functional groups attached to an aromatic ring is 1. The first kappa shape index (κ1) is 22.6. The van der Waals surface area contributed by atoms with Gasteiger partial charge in [0.25, 0.3) is 0 Å². The highest BCUT2D eigenvalue weighted by Gasteiger charge is 2.45. The Morgan fingerprint density at radius 1 is 1.25 bits per heavy atom. The van der Waals surface area contributed by atoms with Crippen LogP contribution >= 0.6 is 7.75 Å². The quantitative estimate of drug-likeness (QED) is 0.279. The molecule has 13 nitrogen and oxygen atoms in total. The van der Waals surface area contributed by atoms with E-state index in [1.807, 2.05) is 6.07 Å². The molecule has 2 aromatic heterocycles. The molecule has 2 unspecified atom stereocenters. The fourth-order valence-electron chi connectivity index (χ4n) is 3.34. The van der Waals surface area contributed by atoms with Crippen LogP contribution in [0.2, 0.25) is 0 Å². The second-order valence-corrected chi connectivity index (χ2v) is 8.71. The van der Waals surface area contributed by atoms with Crippen molar-refractivity contribution in [2.75, 3.05) is 19.5 Å². The maximum atomic E-state index is 12.3. The summed E-state index contributed by atoms with van der Waals surface area (Å²) in [5.74, 6) is 0.0691. The zero-order chi connectivity index (χ0) is 22.9. The van der Waals surface area contributed by atoms with Gasteiger partial charge in [-0.15, -0.1) is 0 Å². The lowest BCUT2D eigenvalue weighted by Gasteiger charge is -2.18. The third-order valence-corrected chi connectivity index (χ3v) is 6.01. The summed E-state index contributed by atoms with van der Waals surface area (Å²) in [6.45, 7) is -0.338. The first-order chi connectivity index (χ1) is 15.3. The molecule has 0 spiro atoms. The lowest BCUT2D eigenvalue weighted by atomic mass is 10.1. The number of ether oxygens (including phenoxy) is 2. The van der Waals surface area contributed by atoms with E-state index in [9.17, 15) is 19.7 Å². The number of benzene rings is 1. The first-order valence-electron chi connectivity index (χ1n) is 9.61. The standard InChI is InChI=1S/C18H23N6O7P/c1-29-16-12-15(22-18(19)23-16)24(9-20-12)17-14(26)13(25)11(31-17)8-30-32(27,28)21-7-10-5-3-2-4-6-10/h2-6,9,11,13-14,17,25-26H,7-8H2,1H3,(H2,19,22,23)(H2,21,27,28)/t11-,13?,14-,17-/m1/s1. The molecule has 0 aliphatic carbocycles. The van der Waals surface area contributed by atoms with E-state index in [-0.39, 0.29) is 29.5 Å². The van der Waals surface area contributed by atoms with Gasteiger partial charge >= 0.3 is 7.75 Å². The predicted molar refractivity (Wildman–Crippen MR) is 111 cm³/mol. The van der Waals surface area contributed by atoms with E-state index in [4.69, 9.17) is 19.7 Å². The van der Waals surface area contributed by atoms with Gasteiger partial charge in [-0.25, -0.2) is 14.6 Å². The van der Waals surface area contributed by atoms with Crippen LogP contribution in [0.15, 0.2) is 36.7 Å². The maximum absolute atomic E-state index is 12.3. The summed E-state index contributed by atoms with van der Waals surface area (Å²) in [5.41, 5.74) is 7.01. The molecule has 172 valence electrons. The van der Waals surface area contributed by atoms with Crippen molar-refractivity contribution < 1.29 is 33.7 Å². The van der Waals surface area contributed by atoms with Crippen LogP contribution in [0.5, 0.6) is 5.88 Å². The third kappa shape index (κ3) is 4.59. The highest BCUT2D eigenvalue weighted by molar-refractivity contribution is 7.50. The summed E-state index contributed by atoms with van der Waals surface area (Å²) in [7, 11) is -2.79. The number of fused-ring (bicyclic) bond motifs is 1. The molecule has 1 saturated heterocycles. The number of anilines is 1. The van der Waals surface area contributed by atoms with Gasteiger partial charge in [-0.05, 0) is 5.56 Å². The van der Waals surface area contributed by atoms with E-state index in [1.54, 1.807) is 24.3 Å². The van der Waals surface area contributed by atoms with Crippen LogP contribution in [0.1, 0.15) is 11.8 Å². The molecule has 5 atom stereocenters. The fraction of sp³-hybridized carbons (Fsp3) is 0.389. The summed E-state index contributed by atoms with van der Waals surface area (Å²) in [6, 6.07) is 9.02. The largest absolute Gasteiger partial charge is 0.479 e. The summed E-state index contributed by atoms with van der Waals surface area (Å²) < 4.78 is 29.6. The number of aliphatic hydroxyl groups excluding tert-OH is 2. The summed E-state index contributed by atoms with van der Waals surface area (Å²) in [4.78, 5) is 22.2. The van der Waals surface area contributed by atoms with Gasteiger partial charge in [0.1, 0.15) is 18.3 Å². The molecule has 3 aromatic rings. The highest BCUT2D eigenvalue weighted by atomic mass is 31.2. The molecule has 32 heavy (non-hydrogen) atoms. The maximum Gasteiger partial charge on any atom is 0.403 e. The van der Waals surface area contributed by atoms with E-state index in [0.29, 0.717) is 0 Å². The van der Waals surface area contributed by atoms with Gasteiger partial charge in [-0.3, -0.25) is 9.09 Å². The molecule has 0 saturated carbocycles. The van der Waals surface area contributed by atoms with Gasteiger partial charge < -0.3 is 30.3 Å². The molecule has 1 aromatic carbocycles. The van der Waals surface area contributed by atoms with E-state index >= 15 is 0 Å². The number of aromatic nitrogens is 4. The van der Waals surface area contributed by atoms with Crippen LogP contribution in [0.4, 0.5) is 5.95 Å². The predicted octanol–water partition coefficient (Wildman–Crippen LogP) is -0.0569. The van der Waals surface area contributed by atoms with Crippen LogP contribution in [-0.2, 0) is 20.4 Å².